The van der Waals surface area contributed by atoms with Crippen molar-refractivity contribution in [1.82, 2.24) is 5.32 Å². The fourth-order valence-corrected chi connectivity index (χ4v) is 4.33. The molecule has 2 amide bonds. The van der Waals surface area contributed by atoms with Gasteiger partial charge in [-0.1, -0.05) is 36.4 Å². The number of aryl methyl sites for hydroxylation is 1. The van der Waals surface area contributed by atoms with Crippen LogP contribution in [-0.4, -0.2) is 31.7 Å². The van der Waals surface area contributed by atoms with Crippen molar-refractivity contribution in [3.8, 4) is 11.5 Å². The highest BCUT2D eigenvalue weighted by Gasteiger charge is 2.18. The molecule has 174 valence electrons. The van der Waals surface area contributed by atoms with Gasteiger partial charge in [-0.2, -0.15) is 0 Å². The van der Waals surface area contributed by atoms with Crippen molar-refractivity contribution in [1.29, 1.82) is 0 Å². The maximum atomic E-state index is 12.1. The van der Waals surface area contributed by atoms with E-state index in [9.17, 15) is 9.59 Å². The van der Waals surface area contributed by atoms with Crippen molar-refractivity contribution in [2.45, 2.75) is 25.8 Å². The zero-order valence-electron chi connectivity index (χ0n) is 18.9. The number of rotatable bonds is 6. The Kier molecular flexibility index (Phi) is 6.33. The first-order chi connectivity index (χ1) is 16.7. The molecule has 3 aromatic rings. The Hall–Kier alpha value is -4.00. The van der Waals surface area contributed by atoms with Gasteiger partial charge in [-0.25, -0.2) is 0 Å². The van der Waals surface area contributed by atoms with E-state index in [1.165, 1.54) is 22.4 Å². The Balaban J connectivity index is 1.05. The molecule has 0 spiro atoms. The Morgan fingerprint density at radius 2 is 1.68 bits per heavy atom. The minimum atomic E-state index is -0.702. The van der Waals surface area contributed by atoms with Gasteiger partial charge < -0.3 is 25.0 Å². The molecule has 2 N–H and O–H groups in total. The highest BCUT2D eigenvalue weighted by molar-refractivity contribution is 6.39. The third kappa shape index (κ3) is 4.98. The molecular weight excluding hydrogens is 430 g/mol. The second-order valence-corrected chi connectivity index (χ2v) is 8.49. The van der Waals surface area contributed by atoms with Crippen molar-refractivity contribution in [3.05, 3.63) is 83.4 Å². The summed E-state index contributed by atoms with van der Waals surface area (Å²) in [6.07, 6.45) is 2.65. The summed E-state index contributed by atoms with van der Waals surface area (Å²) in [4.78, 5) is 26.7. The van der Waals surface area contributed by atoms with Crippen LogP contribution in [-0.2, 0) is 29.0 Å². The summed E-state index contributed by atoms with van der Waals surface area (Å²) in [5, 5.41) is 5.27. The summed E-state index contributed by atoms with van der Waals surface area (Å²) in [7, 11) is 0. The number of nitrogens with one attached hydrogen (secondary N) is 2. The van der Waals surface area contributed by atoms with E-state index in [0.717, 1.165) is 32.4 Å². The second kappa shape index (κ2) is 9.87. The summed E-state index contributed by atoms with van der Waals surface area (Å²) in [5.74, 6) is -0.184. The molecule has 0 atom stereocenters. The van der Waals surface area contributed by atoms with Crippen LogP contribution in [0.5, 0.6) is 11.5 Å². The minimum Gasteiger partial charge on any atom is -0.454 e. The largest absolute Gasteiger partial charge is 0.454 e. The average Bonchev–Trinajstić information content (AvgIpc) is 3.34. The molecule has 5 rings (SSSR count). The van der Waals surface area contributed by atoms with Crippen LogP contribution >= 0.6 is 0 Å². The van der Waals surface area contributed by atoms with Gasteiger partial charge in [-0.3, -0.25) is 9.59 Å². The van der Waals surface area contributed by atoms with Crippen LogP contribution in [0.15, 0.2) is 66.7 Å². The van der Waals surface area contributed by atoms with E-state index in [0.29, 0.717) is 23.7 Å². The Bertz CT molecular complexity index is 1190. The zero-order chi connectivity index (χ0) is 23.3. The summed E-state index contributed by atoms with van der Waals surface area (Å²) < 4.78 is 10.5. The SMILES string of the molecule is O=C(NCCCc1ccc(N2CCc3ccccc3C2)cc1)C(=O)Nc1ccc2c(c1)OCO2. The standard InChI is InChI=1S/C27H27N3O4/c31-26(27(32)29-22-9-12-24-25(16-22)34-18-33-24)28-14-3-4-19-7-10-23(11-8-19)30-15-13-20-5-1-2-6-21(20)17-30/h1-2,5-12,16H,3-4,13-15,17-18H2,(H,28,31)(H,29,32). The highest BCUT2D eigenvalue weighted by atomic mass is 16.7. The third-order valence-corrected chi connectivity index (χ3v) is 6.20. The maximum absolute atomic E-state index is 12.1. The molecule has 34 heavy (non-hydrogen) atoms. The predicted molar refractivity (Wildman–Crippen MR) is 130 cm³/mol. The van der Waals surface area contributed by atoms with Gasteiger partial charge in [0.15, 0.2) is 11.5 Å². The summed E-state index contributed by atoms with van der Waals surface area (Å²) in [5.41, 5.74) is 5.77. The first-order valence-corrected chi connectivity index (χ1v) is 11.6. The van der Waals surface area contributed by atoms with E-state index < -0.39 is 11.8 Å². The van der Waals surface area contributed by atoms with Crippen molar-refractivity contribution in [2.75, 3.05) is 30.1 Å². The van der Waals surface area contributed by atoms with Gasteiger partial charge in [0.2, 0.25) is 6.79 Å². The monoisotopic (exact) mass is 457 g/mol. The van der Waals surface area contributed by atoms with Crippen LogP contribution in [0.25, 0.3) is 0 Å². The van der Waals surface area contributed by atoms with Crippen LogP contribution in [0, 0.1) is 0 Å². The molecule has 2 heterocycles. The van der Waals surface area contributed by atoms with Gasteiger partial charge in [0.25, 0.3) is 0 Å². The lowest BCUT2D eigenvalue weighted by molar-refractivity contribution is -0.136. The smallest absolute Gasteiger partial charge is 0.313 e. The molecule has 3 aromatic carbocycles. The number of fused-ring (bicyclic) bond motifs is 2. The summed E-state index contributed by atoms with van der Waals surface area (Å²) >= 11 is 0. The number of amides is 2. The molecule has 0 unspecified atom stereocenters. The molecule has 2 aliphatic rings. The van der Waals surface area contributed by atoms with Gasteiger partial charge in [-0.05, 0) is 60.2 Å². The number of ether oxygens (including phenoxy) is 2. The van der Waals surface area contributed by atoms with Crippen molar-refractivity contribution in [2.24, 2.45) is 0 Å². The van der Waals surface area contributed by atoms with E-state index in [1.807, 2.05) is 0 Å². The van der Waals surface area contributed by atoms with Gasteiger partial charge >= 0.3 is 11.8 Å². The lowest BCUT2D eigenvalue weighted by atomic mass is 9.99. The molecule has 0 aromatic heterocycles. The van der Waals surface area contributed by atoms with E-state index in [-0.39, 0.29) is 6.79 Å². The van der Waals surface area contributed by atoms with Crippen LogP contribution in [0.3, 0.4) is 0 Å². The number of carbonyl (C=O) groups excluding carboxylic acids is 2. The van der Waals surface area contributed by atoms with Gasteiger partial charge in [0.1, 0.15) is 0 Å². The van der Waals surface area contributed by atoms with Crippen LogP contribution in [0.4, 0.5) is 11.4 Å². The molecule has 0 saturated heterocycles. The van der Waals surface area contributed by atoms with E-state index in [2.05, 4.69) is 64.1 Å². The number of anilines is 2. The minimum absolute atomic E-state index is 0.155. The average molecular weight is 458 g/mol. The Labute approximate surface area is 198 Å². The van der Waals surface area contributed by atoms with E-state index >= 15 is 0 Å². The van der Waals surface area contributed by atoms with E-state index in [4.69, 9.17) is 9.47 Å². The van der Waals surface area contributed by atoms with Gasteiger partial charge in [-0.15, -0.1) is 0 Å². The van der Waals surface area contributed by atoms with Crippen molar-refractivity contribution >= 4 is 23.2 Å². The Morgan fingerprint density at radius 3 is 2.53 bits per heavy atom. The van der Waals surface area contributed by atoms with Crippen LogP contribution in [0.2, 0.25) is 0 Å². The topological polar surface area (TPSA) is 79.9 Å². The molecule has 0 fully saturated rings. The molecule has 0 saturated carbocycles. The molecule has 0 bridgehead atoms. The predicted octanol–water partition coefficient (Wildman–Crippen LogP) is 3.67. The number of hydrogen-bond acceptors (Lipinski definition) is 5. The number of nitrogens with zero attached hydrogens (tertiary/aromatic N) is 1. The molecular formula is C27H27N3O4. The Morgan fingerprint density at radius 1 is 0.882 bits per heavy atom. The van der Waals surface area contributed by atoms with E-state index in [1.54, 1.807) is 18.2 Å². The summed E-state index contributed by atoms with van der Waals surface area (Å²) in [6.45, 7) is 2.55. The summed E-state index contributed by atoms with van der Waals surface area (Å²) in [6, 6.07) is 22.3. The fraction of sp³-hybridized carbons (Fsp3) is 0.259. The quantitative estimate of drug-likeness (QED) is 0.436. The molecule has 0 radical (unpaired) electrons. The second-order valence-electron chi connectivity index (χ2n) is 8.49. The first-order valence-electron chi connectivity index (χ1n) is 11.6. The van der Waals surface area contributed by atoms with Crippen molar-refractivity contribution < 1.29 is 19.1 Å². The lowest BCUT2D eigenvalue weighted by Crippen LogP contribution is -2.36. The number of hydrogen-bond donors (Lipinski definition) is 2. The fourth-order valence-electron chi connectivity index (χ4n) is 4.33. The number of benzene rings is 3. The molecule has 0 aliphatic carbocycles. The third-order valence-electron chi connectivity index (χ3n) is 6.20. The lowest BCUT2D eigenvalue weighted by Gasteiger charge is -2.30. The normalized spacial score (nSPS) is 13.8. The van der Waals surface area contributed by atoms with Gasteiger partial charge in [0.05, 0.1) is 0 Å². The van der Waals surface area contributed by atoms with Crippen LogP contribution in [0.1, 0.15) is 23.1 Å². The highest BCUT2D eigenvalue weighted by Crippen LogP contribution is 2.34. The van der Waals surface area contributed by atoms with Crippen LogP contribution < -0.4 is 25.0 Å². The first kappa shape index (κ1) is 21.8. The molecule has 7 heteroatoms. The van der Waals surface area contributed by atoms with Crippen molar-refractivity contribution in [3.63, 3.8) is 0 Å². The zero-order valence-corrected chi connectivity index (χ0v) is 18.9. The number of carbonyl (C=O) groups is 2. The van der Waals surface area contributed by atoms with Gasteiger partial charge in [0, 0.05) is 37.1 Å². The molecule has 2 aliphatic heterocycles. The molecule has 7 nitrogen and oxygen atoms in total. The maximum Gasteiger partial charge on any atom is 0.313 e.